The quantitative estimate of drug-likeness (QED) is 0.719. The van der Waals surface area contributed by atoms with Crippen LogP contribution in [-0.4, -0.2) is 36.6 Å². The SMILES string of the molecule is FC(F)Oc1cc(Nc2cnc3cnn(CC4CCC4)c3n2)n[nH]1. The molecule has 0 atom stereocenters. The number of rotatable bonds is 6. The molecule has 8 nitrogen and oxygen atoms in total. The average molecular weight is 335 g/mol. The minimum atomic E-state index is -2.91. The molecule has 3 aromatic heterocycles. The van der Waals surface area contributed by atoms with Crippen LogP contribution in [0.25, 0.3) is 11.2 Å². The van der Waals surface area contributed by atoms with Crippen LogP contribution in [0.1, 0.15) is 19.3 Å². The van der Waals surface area contributed by atoms with E-state index in [4.69, 9.17) is 0 Å². The lowest BCUT2D eigenvalue weighted by Gasteiger charge is -2.25. The van der Waals surface area contributed by atoms with Gasteiger partial charge in [-0.25, -0.2) is 19.7 Å². The Morgan fingerprint density at radius 1 is 1.33 bits per heavy atom. The van der Waals surface area contributed by atoms with Crippen LogP contribution in [-0.2, 0) is 6.54 Å². The molecule has 2 N–H and O–H groups in total. The summed E-state index contributed by atoms with van der Waals surface area (Å²) in [4.78, 5) is 8.80. The molecule has 4 rings (SSSR count). The maximum absolute atomic E-state index is 12.2. The summed E-state index contributed by atoms with van der Waals surface area (Å²) < 4.78 is 30.4. The predicted octanol–water partition coefficient (Wildman–Crippen LogP) is 2.69. The van der Waals surface area contributed by atoms with Gasteiger partial charge in [0.1, 0.15) is 5.52 Å². The molecule has 1 aliphatic carbocycles. The highest BCUT2D eigenvalue weighted by atomic mass is 19.3. The van der Waals surface area contributed by atoms with Crippen molar-refractivity contribution in [1.82, 2.24) is 29.9 Å². The van der Waals surface area contributed by atoms with Crippen LogP contribution < -0.4 is 10.1 Å². The van der Waals surface area contributed by atoms with Crippen molar-refractivity contribution in [2.45, 2.75) is 32.4 Å². The fraction of sp³-hybridized carbons (Fsp3) is 0.429. The Labute approximate surface area is 135 Å². The molecule has 0 unspecified atom stereocenters. The van der Waals surface area contributed by atoms with Gasteiger partial charge in [-0.05, 0) is 18.8 Å². The van der Waals surface area contributed by atoms with E-state index in [0.29, 0.717) is 28.7 Å². The number of aromatic nitrogens is 6. The molecule has 24 heavy (non-hydrogen) atoms. The van der Waals surface area contributed by atoms with Crippen LogP contribution in [0.2, 0.25) is 0 Å². The summed E-state index contributed by atoms with van der Waals surface area (Å²) in [6.07, 6.45) is 6.93. The van der Waals surface area contributed by atoms with E-state index in [-0.39, 0.29) is 5.88 Å². The molecule has 126 valence electrons. The van der Waals surface area contributed by atoms with E-state index in [1.807, 2.05) is 4.68 Å². The lowest BCUT2D eigenvalue weighted by atomic mass is 9.85. The Kier molecular flexibility index (Phi) is 3.71. The number of hydrogen-bond donors (Lipinski definition) is 2. The molecule has 1 fully saturated rings. The van der Waals surface area contributed by atoms with Crippen molar-refractivity contribution in [2.75, 3.05) is 5.32 Å². The monoisotopic (exact) mass is 335 g/mol. The number of anilines is 2. The zero-order valence-electron chi connectivity index (χ0n) is 12.6. The molecule has 0 aliphatic heterocycles. The van der Waals surface area contributed by atoms with Gasteiger partial charge < -0.3 is 10.1 Å². The van der Waals surface area contributed by atoms with Crippen LogP contribution >= 0.6 is 0 Å². The second-order valence-electron chi connectivity index (χ2n) is 5.71. The molecular formula is C14H15F2N7O. The van der Waals surface area contributed by atoms with Gasteiger partial charge in [0.15, 0.2) is 17.3 Å². The number of halogens is 2. The van der Waals surface area contributed by atoms with Gasteiger partial charge in [-0.1, -0.05) is 6.42 Å². The molecule has 1 aliphatic rings. The minimum Gasteiger partial charge on any atom is -0.417 e. The third-order valence-electron chi connectivity index (χ3n) is 4.03. The van der Waals surface area contributed by atoms with Gasteiger partial charge in [0.05, 0.1) is 12.4 Å². The first-order chi connectivity index (χ1) is 11.7. The molecule has 10 heteroatoms. The number of ether oxygens (including phenoxy) is 1. The fourth-order valence-electron chi connectivity index (χ4n) is 2.62. The minimum absolute atomic E-state index is 0.128. The van der Waals surface area contributed by atoms with Crippen LogP contribution in [0.4, 0.5) is 20.4 Å². The summed E-state index contributed by atoms with van der Waals surface area (Å²) in [5.41, 5.74) is 1.40. The fourth-order valence-corrected chi connectivity index (χ4v) is 2.62. The second-order valence-corrected chi connectivity index (χ2v) is 5.71. The lowest BCUT2D eigenvalue weighted by molar-refractivity contribution is -0.0528. The molecule has 0 bridgehead atoms. The Morgan fingerprint density at radius 3 is 2.96 bits per heavy atom. The van der Waals surface area contributed by atoms with Crippen molar-refractivity contribution in [3.05, 3.63) is 18.5 Å². The maximum atomic E-state index is 12.2. The number of H-pyrrole nitrogens is 1. The Bertz CT molecular complexity index is 843. The van der Waals surface area contributed by atoms with E-state index in [9.17, 15) is 8.78 Å². The van der Waals surface area contributed by atoms with Gasteiger partial charge in [0.25, 0.3) is 0 Å². The van der Waals surface area contributed by atoms with Crippen molar-refractivity contribution >= 4 is 22.8 Å². The van der Waals surface area contributed by atoms with Crippen molar-refractivity contribution in [3.63, 3.8) is 0 Å². The smallest absolute Gasteiger partial charge is 0.388 e. The van der Waals surface area contributed by atoms with E-state index in [1.165, 1.54) is 25.3 Å². The molecule has 3 heterocycles. The number of aromatic amines is 1. The standard InChI is InChI=1S/C14H15F2N7O/c15-14(16)24-12-4-10(21-22-12)19-11-6-17-9-5-18-23(13(9)20-11)7-8-2-1-3-8/h4-6,8,14H,1-3,7H2,(H2,19,20,21,22). The highest BCUT2D eigenvalue weighted by Gasteiger charge is 2.20. The van der Waals surface area contributed by atoms with Crippen molar-refractivity contribution in [1.29, 1.82) is 0 Å². The van der Waals surface area contributed by atoms with E-state index < -0.39 is 6.61 Å². The summed E-state index contributed by atoms with van der Waals surface area (Å²) in [6, 6.07) is 1.32. The molecule has 0 spiro atoms. The highest BCUT2D eigenvalue weighted by Crippen LogP contribution is 2.28. The topological polar surface area (TPSA) is 93.5 Å². The predicted molar refractivity (Wildman–Crippen MR) is 81.2 cm³/mol. The first-order valence-electron chi connectivity index (χ1n) is 7.63. The van der Waals surface area contributed by atoms with Crippen molar-refractivity contribution in [2.24, 2.45) is 5.92 Å². The van der Waals surface area contributed by atoms with Gasteiger partial charge in [-0.3, -0.25) is 0 Å². The molecule has 0 radical (unpaired) electrons. The third kappa shape index (κ3) is 2.99. The lowest BCUT2D eigenvalue weighted by Crippen LogP contribution is -2.19. The summed E-state index contributed by atoms with van der Waals surface area (Å²) in [5.74, 6) is 1.28. The first kappa shape index (κ1) is 14.8. The van der Waals surface area contributed by atoms with E-state index in [2.05, 4.69) is 35.3 Å². The van der Waals surface area contributed by atoms with Gasteiger partial charge >= 0.3 is 6.61 Å². The highest BCUT2D eigenvalue weighted by molar-refractivity contribution is 5.71. The summed E-state index contributed by atoms with van der Waals surface area (Å²) >= 11 is 0. The van der Waals surface area contributed by atoms with Crippen molar-refractivity contribution in [3.8, 4) is 5.88 Å². The maximum Gasteiger partial charge on any atom is 0.388 e. The van der Waals surface area contributed by atoms with Gasteiger partial charge in [0, 0.05) is 12.6 Å². The van der Waals surface area contributed by atoms with Crippen LogP contribution in [0.5, 0.6) is 5.88 Å². The van der Waals surface area contributed by atoms with Crippen LogP contribution in [0.3, 0.4) is 0 Å². The van der Waals surface area contributed by atoms with E-state index in [0.717, 1.165) is 6.54 Å². The zero-order chi connectivity index (χ0) is 16.5. The summed E-state index contributed by atoms with van der Waals surface area (Å²) in [6.45, 7) is -2.08. The van der Waals surface area contributed by atoms with Crippen LogP contribution in [0, 0.1) is 5.92 Å². The van der Waals surface area contributed by atoms with Gasteiger partial charge in [-0.2, -0.15) is 19.0 Å². The average Bonchev–Trinajstić information content (AvgIpc) is 3.09. The molecule has 3 aromatic rings. The molecule has 0 amide bonds. The number of fused-ring (bicyclic) bond motifs is 1. The normalized spacial score (nSPS) is 15.0. The second kappa shape index (κ2) is 6.02. The molecule has 1 saturated carbocycles. The molecular weight excluding hydrogens is 320 g/mol. The third-order valence-corrected chi connectivity index (χ3v) is 4.03. The number of hydrogen-bond acceptors (Lipinski definition) is 6. The van der Waals surface area contributed by atoms with E-state index in [1.54, 1.807) is 12.4 Å². The van der Waals surface area contributed by atoms with Crippen molar-refractivity contribution < 1.29 is 13.5 Å². The number of nitrogens with one attached hydrogen (secondary N) is 2. The Hall–Kier alpha value is -2.78. The Morgan fingerprint density at radius 2 is 2.21 bits per heavy atom. The summed E-state index contributed by atoms with van der Waals surface area (Å²) in [5, 5.41) is 13.4. The van der Waals surface area contributed by atoms with Gasteiger partial charge in [-0.15, -0.1) is 0 Å². The zero-order valence-corrected chi connectivity index (χ0v) is 12.6. The molecule has 0 aromatic carbocycles. The number of nitrogens with zero attached hydrogens (tertiary/aromatic N) is 5. The molecule has 0 saturated heterocycles. The first-order valence-corrected chi connectivity index (χ1v) is 7.63. The van der Waals surface area contributed by atoms with E-state index >= 15 is 0 Å². The van der Waals surface area contributed by atoms with Gasteiger partial charge in [0.2, 0.25) is 5.88 Å². The van der Waals surface area contributed by atoms with Crippen LogP contribution in [0.15, 0.2) is 18.5 Å². The number of alkyl halides is 2. The summed E-state index contributed by atoms with van der Waals surface area (Å²) in [7, 11) is 0. The largest absolute Gasteiger partial charge is 0.417 e. The Balaban J connectivity index is 1.53.